The molecular formula is C15H29N5O2S. The maximum atomic E-state index is 11.8. The lowest BCUT2D eigenvalue weighted by Crippen LogP contribution is -2.37. The standard InChI is InChI=1S/C15H29N5O2S/c1-11(16)9-22-10-12(2)20-7-14(15(17)8-20)6-18-13(3)23(21)19(4)5/h6,11-12H,3,7-10,16-17H2,1-2,4-5H3/b18-6-/t11-,12+,23?/m0/s1. The number of rotatable bonds is 9. The van der Waals surface area contributed by atoms with Gasteiger partial charge in [0.05, 0.1) is 24.6 Å². The summed E-state index contributed by atoms with van der Waals surface area (Å²) in [5.74, 6) is 0. The molecule has 0 saturated heterocycles. The van der Waals surface area contributed by atoms with Crippen molar-refractivity contribution in [1.29, 1.82) is 0 Å². The first-order valence-corrected chi connectivity index (χ1v) is 8.70. The maximum absolute atomic E-state index is 11.8. The molecule has 0 aromatic rings. The molecule has 0 bridgehead atoms. The number of hydrogen-bond acceptors (Lipinski definition) is 7. The summed E-state index contributed by atoms with van der Waals surface area (Å²) in [6, 6.07) is 0.271. The minimum Gasteiger partial charge on any atom is -0.592 e. The van der Waals surface area contributed by atoms with Crippen LogP contribution in [0.1, 0.15) is 13.8 Å². The van der Waals surface area contributed by atoms with E-state index in [0.29, 0.717) is 31.3 Å². The van der Waals surface area contributed by atoms with Gasteiger partial charge in [0, 0.05) is 56.8 Å². The van der Waals surface area contributed by atoms with E-state index in [4.69, 9.17) is 16.2 Å². The third-order valence-electron chi connectivity index (χ3n) is 3.42. The minimum absolute atomic E-state index is 0.0373. The summed E-state index contributed by atoms with van der Waals surface area (Å²) in [6.07, 6.45) is 1.66. The molecule has 0 fully saturated rings. The SMILES string of the molecule is C=C(/N=C\C1=C(N)CN([C@H](C)COC[C@H](C)N)C1)[S+]([O-])N(C)C. The highest BCUT2D eigenvalue weighted by molar-refractivity contribution is 7.92. The molecule has 8 heteroatoms. The first-order valence-electron chi connectivity index (χ1n) is 7.59. The van der Waals surface area contributed by atoms with Gasteiger partial charge in [0.15, 0.2) is 0 Å². The zero-order valence-electron chi connectivity index (χ0n) is 14.5. The predicted octanol–water partition coefficient (Wildman–Crippen LogP) is 0.0344. The van der Waals surface area contributed by atoms with Crippen LogP contribution in [0.5, 0.6) is 0 Å². The molecule has 1 aliphatic heterocycles. The van der Waals surface area contributed by atoms with Gasteiger partial charge in [-0.25, -0.2) is 4.99 Å². The molecule has 0 spiro atoms. The number of nitrogens with zero attached hydrogens (tertiary/aromatic N) is 3. The topological polar surface area (TPSA) is 103 Å². The van der Waals surface area contributed by atoms with Gasteiger partial charge < -0.3 is 20.8 Å². The van der Waals surface area contributed by atoms with E-state index < -0.39 is 11.4 Å². The van der Waals surface area contributed by atoms with Gasteiger partial charge in [0.25, 0.3) is 5.03 Å². The normalized spacial score (nSPS) is 20.5. The first kappa shape index (κ1) is 20.1. The molecule has 1 aliphatic rings. The van der Waals surface area contributed by atoms with Crippen molar-refractivity contribution in [2.75, 3.05) is 40.4 Å². The molecule has 0 aliphatic carbocycles. The van der Waals surface area contributed by atoms with Crippen LogP contribution in [0.4, 0.5) is 0 Å². The number of hydrogen-bond donors (Lipinski definition) is 2. The molecule has 7 nitrogen and oxygen atoms in total. The average Bonchev–Trinajstić information content (AvgIpc) is 2.84. The Morgan fingerprint density at radius 1 is 1.48 bits per heavy atom. The number of aliphatic imine (C=N–C) groups is 1. The van der Waals surface area contributed by atoms with Crippen LogP contribution in [0.3, 0.4) is 0 Å². The van der Waals surface area contributed by atoms with Crippen LogP contribution in [0.2, 0.25) is 0 Å². The van der Waals surface area contributed by atoms with Crippen LogP contribution in [-0.4, -0.2) is 72.5 Å². The van der Waals surface area contributed by atoms with Crippen molar-refractivity contribution in [1.82, 2.24) is 9.21 Å². The molecule has 23 heavy (non-hydrogen) atoms. The van der Waals surface area contributed by atoms with Gasteiger partial charge in [0.1, 0.15) is 0 Å². The summed E-state index contributed by atoms with van der Waals surface area (Å²) in [4.78, 5) is 6.40. The van der Waals surface area contributed by atoms with Crippen molar-refractivity contribution in [3.8, 4) is 0 Å². The summed E-state index contributed by atoms with van der Waals surface area (Å²) < 4.78 is 18.9. The Morgan fingerprint density at radius 3 is 2.70 bits per heavy atom. The molecule has 0 amide bonds. The van der Waals surface area contributed by atoms with Crippen molar-refractivity contribution in [3.63, 3.8) is 0 Å². The van der Waals surface area contributed by atoms with Gasteiger partial charge in [-0.2, -0.15) is 0 Å². The Balaban J connectivity index is 2.50. The van der Waals surface area contributed by atoms with Gasteiger partial charge in [-0.15, -0.1) is 4.31 Å². The second-order valence-electron chi connectivity index (χ2n) is 6.03. The third kappa shape index (κ3) is 6.62. The highest BCUT2D eigenvalue weighted by atomic mass is 32.2. The quantitative estimate of drug-likeness (QED) is 0.452. The maximum Gasteiger partial charge on any atom is 0.258 e. The van der Waals surface area contributed by atoms with Crippen LogP contribution in [-0.2, 0) is 16.1 Å². The third-order valence-corrected chi connectivity index (χ3v) is 4.59. The highest BCUT2D eigenvalue weighted by Crippen LogP contribution is 2.17. The van der Waals surface area contributed by atoms with Crippen molar-refractivity contribution < 1.29 is 9.29 Å². The average molecular weight is 343 g/mol. The van der Waals surface area contributed by atoms with Crippen LogP contribution in [0, 0.1) is 0 Å². The molecule has 0 aromatic heterocycles. The predicted molar refractivity (Wildman–Crippen MR) is 96.2 cm³/mol. The van der Waals surface area contributed by atoms with Crippen LogP contribution in [0.25, 0.3) is 0 Å². The van der Waals surface area contributed by atoms with E-state index in [0.717, 1.165) is 11.3 Å². The zero-order chi connectivity index (χ0) is 17.6. The molecular weight excluding hydrogens is 314 g/mol. The lowest BCUT2D eigenvalue weighted by Gasteiger charge is -2.24. The monoisotopic (exact) mass is 343 g/mol. The van der Waals surface area contributed by atoms with Crippen LogP contribution >= 0.6 is 0 Å². The summed E-state index contributed by atoms with van der Waals surface area (Å²) in [7, 11) is 3.43. The molecule has 0 radical (unpaired) electrons. The Bertz CT molecular complexity index is 465. The van der Waals surface area contributed by atoms with Crippen molar-refractivity contribution >= 4 is 17.6 Å². The van der Waals surface area contributed by atoms with Crippen molar-refractivity contribution in [2.24, 2.45) is 16.5 Å². The van der Waals surface area contributed by atoms with E-state index in [1.54, 1.807) is 24.6 Å². The Labute approximate surface area is 142 Å². The largest absolute Gasteiger partial charge is 0.592 e. The molecule has 1 rings (SSSR count). The van der Waals surface area contributed by atoms with Crippen molar-refractivity contribution in [2.45, 2.75) is 25.9 Å². The Morgan fingerprint density at radius 2 is 2.13 bits per heavy atom. The molecule has 3 atom stereocenters. The summed E-state index contributed by atoms with van der Waals surface area (Å²) in [6.45, 7) is 10.3. The summed E-state index contributed by atoms with van der Waals surface area (Å²) in [5, 5.41) is 0.307. The van der Waals surface area contributed by atoms with Crippen molar-refractivity contribution in [3.05, 3.63) is 22.9 Å². The molecule has 0 saturated carbocycles. The van der Waals surface area contributed by atoms with E-state index in [9.17, 15) is 4.55 Å². The van der Waals surface area contributed by atoms with Crippen LogP contribution in [0.15, 0.2) is 27.9 Å². The summed E-state index contributed by atoms with van der Waals surface area (Å²) in [5.41, 5.74) is 13.5. The van der Waals surface area contributed by atoms with Gasteiger partial charge >= 0.3 is 0 Å². The molecule has 1 heterocycles. The van der Waals surface area contributed by atoms with Gasteiger partial charge in [-0.05, 0) is 20.4 Å². The lowest BCUT2D eigenvalue weighted by molar-refractivity contribution is 0.0716. The van der Waals surface area contributed by atoms with E-state index in [1.165, 1.54) is 0 Å². The Hall–Kier alpha value is -0.900. The van der Waals surface area contributed by atoms with E-state index in [-0.39, 0.29) is 12.1 Å². The fraction of sp³-hybridized carbons (Fsp3) is 0.667. The number of nitrogens with two attached hydrogens (primary N) is 2. The van der Waals surface area contributed by atoms with Gasteiger partial charge in [-0.3, -0.25) is 4.90 Å². The first-order chi connectivity index (χ1) is 10.7. The second kappa shape index (κ2) is 9.41. The fourth-order valence-electron chi connectivity index (χ4n) is 2.07. The Kier molecular flexibility index (Phi) is 8.24. The lowest BCUT2D eigenvalue weighted by atomic mass is 10.2. The second-order valence-corrected chi connectivity index (χ2v) is 7.73. The fourth-order valence-corrected chi connectivity index (χ4v) is 2.63. The molecule has 1 unspecified atom stereocenters. The van der Waals surface area contributed by atoms with Gasteiger partial charge in [-0.1, -0.05) is 0 Å². The molecule has 132 valence electrons. The van der Waals surface area contributed by atoms with Crippen LogP contribution < -0.4 is 11.5 Å². The minimum atomic E-state index is -1.32. The van der Waals surface area contributed by atoms with E-state index in [1.807, 2.05) is 6.92 Å². The molecule has 0 aromatic carbocycles. The van der Waals surface area contributed by atoms with E-state index >= 15 is 0 Å². The summed E-state index contributed by atoms with van der Waals surface area (Å²) >= 11 is -1.32. The van der Waals surface area contributed by atoms with E-state index in [2.05, 4.69) is 23.4 Å². The smallest absolute Gasteiger partial charge is 0.258 e. The highest BCUT2D eigenvalue weighted by Gasteiger charge is 2.24. The molecule has 4 N–H and O–H groups in total. The zero-order valence-corrected chi connectivity index (χ0v) is 15.3. The number of ether oxygens (including phenoxy) is 1. The van der Waals surface area contributed by atoms with Gasteiger partial charge in [0.2, 0.25) is 0 Å².